The van der Waals surface area contributed by atoms with Gasteiger partial charge in [0, 0.05) is 29.2 Å². The summed E-state index contributed by atoms with van der Waals surface area (Å²) in [5, 5.41) is 0. The van der Waals surface area contributed by atoms with Crippen LogP contribution in [-0.2, 0) is 11.2 Å². The molecule has 0 amide bonds. The Balaban J connectivity index is 2.54. The predicted octanol–water partition coefficient (Wildman–Crippen LogP) is 1.74. The van der Waals surface area contributed by atoms with Gasteiger partial charge in [-0.1, -0.05) is 6.92 Å². The molecule has 0 saturated carbocycles. The first-order chi connectivity index (χ1) is 10.6. The lowest BCUT2D eigenvalue weighted by Crippen LogP contribution is -2.23. The van der Waals surface area contributed by atoms with Gasteiger partial charge in [-0.15, -0.1) is 0 Å². The zero-order chi connectivity index (χ0) is 16.1. The van der Waals surface area contributed by atoms with Crippen molar-refractivity contribution < 1.29 is 14.3 Å². The summed E-state index contributed by atoms with van der Waals surface area (Å²) < 4.78 is 4.84. The number of H-pyrrole nitrogens is 1. The summed E-state index contributed by atoms with van der Waals surface area (Å²) in [5.74, 6) is -1.02. The lowest BCUT2D eigenvalue weighted by Gasteiger charge is -2.09. The van der Waals surface area contributed by atoms with E-state index < -0.39 is 11.5 Å². The van der Waals surface area contributed by atoms with Crippen LogP contribution >= 0.6 is 0 Å². The Morgan fingerprint density at radius 3 is 2.45 bits per heavy atom. The summed E-state index contributed by atoms with van der Waals surface area (Å²) in [6, 6.07) is 4.46. The van der Waals surface area contributed by atoms with Gasteiger partial charge in [0.25, 0.3) is 5.56 Å². The lowest BCUT2D eigenvalue weighted by atomic mass is 10.00. The predicted molar refractivity (Wildman–Crippen MR) is 80.1 cm³/mol. The smallest absolute Gasteiger partial charge is 0.343 e. The number of pyridine rings is 2. The van der Waals surface area contributed by atoms with Crippen molar-refractivity contribution in [3.63, 3.8) is 0 Å². The number of carbonyl (C=O) groups is 2. The Bertz CT molecular complexity index is 750. The quantitative estimate of drug-likeness (QED) is 0.671. The van der Waals surface area contributed by atoms with Gasteiger partial charge in [0.15, 0.2) is 5.78 Å². The highest BCUT2D eigenvalue weighted by molar-refractivity contribution is 6.10. The van der Waals surface area contributed by atoms with Crippen LogP contribution in [0.4, 0.5) is 0 Å². The summed E-state index contributed by atoms with van der Waals surface area (Å²) in [7, 11) is 0. The zero-order valence-electron chi connectivity index (χ0n) is 12.4. The number of nitrogens with one attached hydrogen (secondary N) is 1. The number of hydrogen-bond donors (Lipinski definition) is 1. The number of rotatable bonds is 5. The fraction of sp³-hybridized carbons (Fsp3) is 0.250. The molecule has 1 N–H and O–H groups in total. The minimum Gasteiger partial charge on any atom is -0.462 e. The van der Waals surface area contributed by atoms with E-state index in [4.69, 9.17) is 4.74 Å². The summed E-state index contributed by atoms with van der Waals surface area (Å²) >= 11 is 0. The van der Waals surface area contributed by atoms with Gasteiger partial charge in [0.05, 0.1) is 6.61 Å². The summed E-state index contributed by atoms with van der Waals surface area (Å²) in [6.45, 7) is 3.62. The van der Waals surface area contributed by atoms with Crippen molar-refractivity contribution in [1.29, 1.82) is 0 Å². The SMILES string of the molecule is CCOC(=O)c1cc(C(=O)c2ccncc2)c(CC)[nH]c1=O. The van der Waals surface area contributed by atoms with E-state index in [2.05, 4.69) is 9.97 Å². The van der Waals surface area contributed by atoms with E-state index in [0.29, 0.717) is 17.7 Å². The van der Waals surface area contributed by atoms with E-state index >= 15 is 0 Å². The second-order valence-corrected chi connectivity index (χ2v) is 4.54. The molecule has 2 heterocycles. The molecule has 2 aromatic heterocycles. The van der Waals surface area contributed by atoms with Crippen LogP contribution in [0, 0.1) is 0 Å². The molecule has 0 aliphatic rings. The van der Waals surface area contributed by atoms with Crippen molar-refractivity contribution in [2.24, 2.45) is 0 Å². The van der Waals surface area contributed by atoms with E-state index in [-0.39, 0.29) is 23.5 Å². The number of hydrogen-bond acceptors (Lipinski definition) is 5. The van der Waals surface area contributed by atoms with Crippen molar-refractivity contribution in [2.45, 2.75) is 20.3 Å². The van der Waals surface area contributed by atoms with Crippen LogP contribution in [0.25, 0.3) is 0 Å². The van der Waals surface area contributed by atoms with Crippen LogP contribution < -0.4 is 5.56 Å². The van der Waals surface area contributed by atoms with Crippen LogP contribution in [0.2, 0.25) is 0 Å². The minimum atomic E-state index is -0.741. The molecule has 0 radical (unpaired) electrons. The molecule has 6 heteroatoms. The first kappa shape index (κ1) is 15.6. The molecule has 0 fully saturated rings. The maximum atomic E-state index is 12.6. The molecule has 0 bridgehead atoms. The summed E-state index contributed by atoms with van der Waals surface area (Å²) in [6.07, 6.45) is 3.48. The van der Waals surface area contributed by atoms with Gasteiger partial charge in [0.2, 0.25) is 0 Å². The van der Waals surface area contributed by atoms with Crippen molar-refractivity contribution in [2.75, 3.05) is 6.61 Å². The monoisotopic (exact) mass is 300 g/mol. The van der Waals surface area contributed by atoms with Gasteiger partial charge in [-0.3, -0.25) is 14.6 Å². The highest BCUT2D eigenvalue weighted by Gasteiger charge is 2.20. The number of ketones is 1. The van der Waals surface area contributed by atoms with E-state index in [1.54, 1.807) is 19.1 Å². The van der Waals surface area contributed by atoms with Gasteiger partial charge in [0.1, 0.15) is 5.56 Å². The molecule has 2 aromatic rings. The normalized spacial score (nSPS) is 10.3. The van der Waals surface area contributed by atoms with Gasteiger partial charge in [-0.2, -0.15) is 0 Å². The largest absolute Gasteiger partial charge is 0.462 e. The standard InChI is InChI=1S/C16H16N2O4/c1-3-13-11(14(19)10-5-7-17-8-6-10)9-12(15(20)18-13)16(21)22-4-2/h5-9H,3-4H2,1-2H3,(H,18,20). The molecule has 0 unspecified atom stereocenters. The third-order valence-electron chi connectivity index (χ3n) is 3.16. The van der Waals surface area contributed by atoms with Crippen molar-refractivity contribution in [1.82, 2.24) is 9.97 Å². The van der Waals surface area contributed by atoms with Crippen LogP contribution in [0.1, 0.15) is 45.8 Å². The molecular weight excluding hydrogens is 284 g/mol. The number of aryl methyl sites for hydroxylation is 1. The summed E-state index contributed by atoms with van der Waals surface area (Å²) in [4.78, 5) is 42.8. The van der Waals surface area contributed by atoms with Crippen molar-refractivity contribution in [3.8, 4) is 0 Å². The number of aromatic amines is 1. The molecular formula is C16H16N2O4. The van der Waals surface area contributed by atoms with Gasteiger partial charge >= 0.3 is 5.97 Å². The Hall–Kier alpha value is -2.76. The molecule has 0 atom stereocenters. The van der Waals surface area contributed by atoms with Crippen molar-refractivity contribution >= 4 is 11.8 Å². The molecule has 2 rings (SSSR count). The number of carbonyl (C=O) groups excluding carboxylic acids is 2. The molecule has 22 heavy (non-hydrogen) atoms. The Morgan fingerprint density at radius 2 is 1.86 bits per heavy atom. The van der Waals surface area contributed by atoms with Gasteiger partial charge in [-0.05, 0) is 31.5 Å². The van der Waals surface area contributed by atoms with E-state index in [1.165, 1.54) is 18.5 Å². The molecule has 0 spiro atoms. The van der Waals surface area contributed by atoms with Gasteiger partial charge < -0.3 is 9.72 Å². The summed E-state index contributed by atoms with van der Waals surface area (Å²) in [5.41, 5.74) is 0.487. The molecule has 114 valence electrons. The van der Waals surface area contributed by atoms with E-state index in [0.717, 1.165) is 0 Å². The van der Waals surface area contributed by atoms with Crippen molar-refractivity contribution in [3.05, 3.63) is 63.3 Å². The molecule has 0 aliphatic heterocycles. The number of aromatic nitrogens is 2. The number of ether oxygens (including phenoxy) is 1. The third kappa shape index (κ3) is 3.11. The van der Waals surface area contributed by atoms with Gasteiger partial charge in [-0.25, -0.2) is 4.79 Å². The first-order valence-corrected chi connectivity index (χ1v) is 6.96. The Kier molecular flexibility index (Phi) is 4.83. The van der Waals surface area contributed by atoms with E-state index in [1.807, 2.05) is 6.92 Å². The Labute approximate surface area is 127 Å². The first-order valence-electron chi connectivity index (χ1n) is 6.96. The number of esters is 1. The second kappa shape index (κ2) is 6.80. The minimum absolute atomic E-state index is 0.154. The topological polar surface area (TPSA) is 89.1 Å². The zero-order valence-corrected chi connectivity index (χ0v) is 12.4. The van der Waals surface area contributed by atoms with Crippen LogP contribution in [0.5, 0.6) is 0 Å². The average molecular weight is 300 g/mol. The fourth-order valence-electron chi connectivity index (χ4n) is 2.07. The maximum Gasteiger partial charge on any atom is 0.343 e. The molecule has 0 aromatic carbocycles. The van der Waals surface area contributed by atoms with Crippen LogP contribution in [-0.4, -0.2) is 28.3 Å². The average Bonchev–Trinajstić information content (AvgIpc) is 2.54. The highest BCUT2D eigenvalue weighted by atomic mass is 16.5. The van der Waals surface area contributed by atoms with E-state index in [9.17, 15) is 14.4 Å². The van der Waals surface area contributed by atoms with Crippen LogP contribution in [0.3, 0.4) is 0 Å². The Morgan fingerprint density at radius 1 is 1.18 bits per heavy atom. The number of nitrogens with zero attached hydrogens (tertiary/aromatic N) is 1. The fourth-order valence-corrected chi connectivity index (χ4v) is 2.07. The molecule has 6 nitrogen and oxygen atoms in total. The second-order valence-electron chi connectivity index (χ2n) is 4.54. The van der Waals surface area contributed by atoms with Crippen LogP contribution in [0.15, 0.2) is 35.4 Å². The molecule has 0 saturated heterocycles. The third-order valence-corrected chi connectivity index (χ3v) is 3.16. The lowest BCUT2D eigenvalue weighted by molar-refractivity contribution is 0.0524. The maximum absolute atomic E-state index is 12.6. The highest BCUT2D eigenvalue weighted by Crippen LogP contribution is 2.14. The molecule has 0 aliphatic carbocycles.